The molecular weight excluding hydrogens is 386 g/mol. The first kappa shape index (κ1) is 23.0. The van der Waals surface area contributed by atoms with Crippen molar-refractivity contribution in [1.29, 1.82) is 0 Å². The second kappa shape index (κ2) is 9.25. The summed E-state index contributed by atoms with van der Waals surface area (Å²) in [5.41, 5.74) is -2.75. The lowest BCUT2D eigenvalue weighted by Gasteiger charge is -2.36. The fourth-order valence-corrected chi connectivity index (χ4v) is 3.08. The zero-order valence-corrected chi connectivity index (χ0v) is 14.6. The first-order valence-electron chi connectivity index (χ1n) is 7.98. The molecule has 1 fully saturated rings. The zero-order valence-electron chi connectivity index (χ0n) is 13.8. The van der Waals surface area contributed by atoms with Gasteiger partial charge in [-0.05, 0) is 30.5 Å². The third kappa shape index (κ3) is 5.73. The van der Waals surface area contributed by atoms with Crippen molar-refractivity contribution >= 4 is 12.4 Å². The average Bonchev–Trinajstić information content (AvgIpc) is 2.54. The maximum absolute atomic E-state index is 13.4. The van der Waals surface area contributed by atoms with Crippen molar-refractivity contribution in [2.45, 2.75) is 31.2 Å². The molecule has 1 aromatic carbocycles. The summed E-state index contributed by atoms with van der Waals surface area (Å²) < 4.78 is 78.7. The van der Waals surface area contributed by atoms with Gasteiger partial charge in [-0.1, -0.05) is 6.07 Å². The highest BCUT2D eigenvalue weighted by Crippen LogP contribution is 2.41. The first-order valence-corrected chi connectivity index (χ1v) is 7.98. The van der Waals surface area contributed by atoms with E-state index in [0.717, 1.165) is 6.07 Å². The van der Waals surface area contributed by atoms with Gasteiger partial charge in [-0.15, -0.1) is 12.4 Å². The van der Waals surface area contributed by atoms with Crippen LogP contribution in [0.25, 0.3) is 0 Å². The predicted octanol–water partition coefficient (Wildman–Crippen LogP) is 3.86. The summed E-state index contributed by atoms with van der Waals surface area (Å²) in [4.78, 5) is 1.82. The Morgan fingerprint density at radius 3 is 2.15 bits per heavy atom. The molecule has 0 amide bonds. The summed E-state index contributed by atoms with van der Waals surface area (Å²) in [6.45, 7) is 1.99. The van der Waals surface area contributed by atoms with Crippen molar-refractivity contribution in [3.8, 4) is 0 Å². The molecule has 0 spiro atoms. The molecule has 26 heavy (non-hydrogen) atoms. The van der Waals surface area contributed by atoms with Crippen LogP contribution in [0.5, 0.6) is 0 Å². The summed E-state index contributed by atoms with van der Waals surface area (Å²) in [7, 11) is 0. The lowest BCUT2D eigenvalue weighted by atomic mass is 9.93. The van der Waals surface area contributed by atoms with Gasteiger partial charge in [-0.25, -0.2) is 0 Å². The van der Waals surface area contributed by atoms with Crippen molar-refractivity contribution in [3.05, 3.63) is 34.9 Å². The molecule has 1 aliphatic rings. The van der Waals surface area contributed by atoms with Crippen LogP contribution in [0.2, 0.25) is 0 Å². The molecule has 150 valence electrons. The van der Waals surface area contributed by atoms with Crippen molar-refractivity contribution in [1.82, 2.24) is 10.2 Å². The van der Waals surface area contributed by atoms with Gasteiger partial charge in [0.05, 0.1) is 11.1 Å². The van der Waals surface area contributed by atoms with Gasteiger partial charge in [0, 0.05) is 38.8 Å². The third-order valence-corrected chi connectivity index (χ3v) is 4.27. The summed E-state index contributed by atoms with van der Waals surface area (Å²) in [5.74, 6) is 0. The van der Waals surface area contributed by atoms with E-state index in [1.807, 2.05) is 4.90 Å². The Labute approximate surface area is 153 Å². The van der Waals surface area contributed by atoms with Crippen LogP contribution in [-0.2, 0) is 12.4 Å². The van der Waals surface area contributed by atoms with Gasteiger partial charge in [0.15, 0.2) is 0 Å². The second-order valence-corrected chi connectivity index (χ2v) is 5.97. The standard InChI is InChI=1S/C16H20F6N2O.ClH/c17-15(18,19)11-3-4-12(13(10-11)16(20,21)22)14(2-1-9-25)24-7-5-23-6-8-24;/h3-4,10,14,23,25H,1-2,5-9H2;1H/t14-;/m0./s1. The molecule has 1 aromatic rings. The smallest absolute Gasteiger partial charge is 0.396 e. The number of aliphatic hydroxyl groups is 1. The van der Waals surface area contributed by atoms with E-state index >= 15 is 0 Å². The van der Waals surface area contributed by atoms with Crippen LogP contribution in [-0.4, -0.2) is 42.8 Å². The molecule has 1 atom stereocenters. The van der Waals surface area contributed by atoms with E-state index in [4.69, 9.17) is 5.11 Å². The van der Waals surface area contributed by atoms with Crippen LogP contribution in [0.4, 0.5) is 26.3 Å². The topological polar surface area (TPSA) is 35.5 Å². The number of alkyl halides is 6. The summed E-state index contributed by atoms with van der Waals surface area (Å²) in [5, 5.41) is 12.1. The molecule has 2 rings (SSSR count). The fourth-order valence-electron chi connectivity index (χ4n) is 3.08. The Morgan fingerprint density at radius 2 is 1.65 bits per heavy atom. The number of hydrogen-bond acceptors (Lipinski definition) is 3. The van der Waals surface area contributed by atoms with E-state index in [0.29, 0.717) is 32.2 Å². The molecule has 10 heteroatoms. The van der Waals surface area contributed by atoms with Crippen molar-refractivity contribution in [2.75, 3.05) is 32.8 Å². The van der Waals surface area contributed by atoms with Gasteiger partial charge in [0.25, 0.3) is 0 Å². The first-order chi connectivity index (χ1) is 11.6. The Kier molecular flexibility index (Phi) is 8.19. The van der Waals surface area contributed by atoms with E-state index in [-0.39, 0.29) is 43.5 Å². The zero-order chi connectivity index (χ0) is 18.7. The van der Waals surface area contributed by atoms with E-state index in [1.165, 1.54) is 0 Å². The van der Waals surface area contributed by atoms with Crippen molar-refractivity contribution in [3.63, 3.8) is 0 Å². The number of piperazine rings is 1. The van der Waals surface area contributed by atoms with Gasteiger partial charge in [-0.2, -0.15) is 26.3 Å². The summed E-state index contributed by atoms with van der Waals surface area (Å²) in [6.07, 6.45) is -9.21. The van der Waals surface area contributed by atoms with E-state index in [9.17, 15) is 26.3 Å². The SMILES string of the molecule is Cl.OCCC[C@@H](c1ccc(C(F)(F)F)cc1C(F)(F)F)N1CCNCC1. The average molecular weight is 407 g/mol. The summed E-state index contributed by atoms with van der Waals surface area (Å²) in [6, 6.07) is 1.12. The predicted molar refractivity (Wildman–Crippen MR) is 87.2 cm³/mol. The quantitative estimate of drug-likeness (QED) is 0.729. The van der Waals surface area contributed by atoms with Gasteiger partial charge < -0.3 is 10.4 Å². The van der Waals surface area contributed by atoms with Crippen LogP contribution in [0, 0.1) is 0 Å². The number of rotatable bonds is 5. The van der Waals surface area contributed by atoms with Crippen molar-refractivity contribution in [2.24, 2.45) is 0 Å². The molecule has 0 radical (unpaired) electrons. The Balaban J connectivity index is 0.00000338. The normalized spacial score (nSPS) is 17.7. The molecule has 0 saturated carbocycles. The fraction of sp³-hybridized carbons (Fsp3) is 0.625. The van der Waals surface area contributed by atoms with Crippen molar-refractivity contribution < 1.29 is 31.4 Å². The van der Waals surface area contributed by atoms with Crippen LogP contribution in [0.1, 0.15) is 35.6 Å². The number of hydrogen-bond donors (Lipinski definition) is 2. The van der Waals surface area contributed by atoms with Crippen LogP contribution in [0.15, 0.2) is 18.2 Å². The molecule has 0 aliphatic carbocycles. The molecule has 1 heterocycles. The number of nitrogens with zero attached hydrogens (tertiary/aromatic N) is 1. The Bertz CT molecular complexity index is 573. The number of nitrogens with one attached hydrogen (secondary N) is 1. The lowest BCUT2D eigenvalue weighted by Crippen LogP contribution is -2.45. The summed E-state index contributed by atoms with van der Waals surface area (Å²) >= 11 is 0. The molecule has 1 aliphatic heterocycles. The van der Waals surface area contributed by atoms with E-state index < -0.39 is 29.5 Å². The second-order valence-electron chi connectivity index (χ2n) is 5.97. The largest absolute Gasteiger partial charge is 0.416 e. The van der Waals surface area contributed by atoms with E-state index in [2.05, 4.69) is 5.32 Å². The molecule has 0 bridgehead atoms. The van der Waals surface area contributed by atoms with Gasteiger partial charge in [0.1, 0.15) is 0 Å². The minimum absolute atomic E-state index is 0. The highest BCUT2D eigenvalue weighted by atomic mass is 35.5. The number of aliphatic hydroxyl groups excluding tert-OH is 1. The van der Waals surface area contributed by atoms with Crippen LogP contribution in [0.3, 0.4) is 0 Å². The molecule has 0 unspecified atom stereocenters. The minimum atomic E-state index is -4.89. The third-order valence-electron chi connectivity index (χ3n) is 4.27. The maximum Gasteiger partial charge on any atom is 0.416 e. The molecular formula is C16H21ClF6N2O. The van der Waals surface area contributed by atoms with Gasteiger partial charge in [0.2, 0.25) is 0 Å². The minimum Gasteiger partial charge on any atom is -0.396 e. The van der Waals surface area contributed by atoms with Gasteiger partial charge >= 0.3 is 12.4 Å². The molecule has 0 aromatic heterocycles. The van der Waals surface area contributed by atoms with Gasteiger partial charge in [-0.3, -0.25) is 4.90 Å². The maximum atomic E-state index is 13.4. The molecule has 2 N–H and O–H groups in total. The number of benzene rings is 1. The lowest BCUT2D eigenvalue weighted by molar-refractivity contribution is -0.143. The molecule has 3 nitrogen and oxygen atoms in total. The van der Waals surface area contributed by atoms with Crippen LogP contribution < -0.4 is 5.32 Å². The highest BCUT2D eigenvalue weighted by molar-refractivity contribution is 5.85. The van der Waals surface area contributed by atoms with Crippen LogP contribution >= 0.6 is 12.4 Å². The molecule has 1 saturated heterocycles. The highest BCUT2D eigenvalue weighted by Gasteiger charge is 2.40. The monoisotopic (exact) mass is 406 g/mol. The Hall–Kier alpha value is -1.03. The number of halogens is 7. The van der Waals surface area contributed by atoms with E-state index in [1.54, 1.807) is 0 Å². The Morgan fingerprint density at radius 1 is 1.04 bits per heavy atom.